The summed E-state index contributed by atoms with van der Waals surface area (Å²) in [6.45, 7) is 1.23. The topological polar surface area (TPSA) is 107 Å². The van der Waals surface area contributed by atoms with Crippen LogP contribution in [0.1, 0.15) is 5.69 Å². The van der Waals surface area contributed by atoms with Gasteiger partial charge in [-0.25, -0.2) is 9.78 Å². The molecule has 1 aliphatic rings. The minimum atomic E-state index is -1.04. The van der Waals surface area contributed by atoms with E-state index < -0.39 is 12.0 Å². The van der Waals surface area contributed by atoms with Crippen LogP contribution in [-0.4, -0.2) is 46.1 Å². The van der Waals surface area contributed by atoms with E-state index in [0.29, 0.717) is 18.8 Å². The lowest BCUT2D eigenvalue weighted by Gasteiger charge is -2.27. The second-order valence-electron chi connectivity index (χ2n) is 4.04. The van der Waals surface area contributed by atoms with Crippen LogP contribution in [0.25, 0.3) is 0 Å². The van der Waals surface area contributed by atoms with Crippen LogP contribution in [-0.2, 0) is 16.0 Å². The molecule has 0 saturated carbocycles. The van der Waals surface area contributed by atoms with Crippen molar-refractivity contribution in [2.45, 2.75) is 12.5 Å². The summed E-state index contributed by atoms with van der Waals surface area (Å²) in [6.07, 6.45) is 3.24. The normalized spacial score (nSPS) is 17.2. The largest absolute Gasteiger partial charge is 0.480 e. The molecule has 1 aromatic heterocycles. The van der Waals surface area contributed by atoms with Gasteiger partial charge < -0.3 is 20.7 Å². The van der Waals surface area contributed by atoms with E-state index >= 15 is 0 Å². The predicted molar refractivity (Wildman–Crippen MR) is 58.2 cm³/mol. The van der Waals surface area contributed by atoms with Crippen molar-refractivity contribution in [2.75, 3.05) is 13.1 Å². The van der Waals surface area contributed by atoms with Gasteiger partial charge in [0.15, 0.2) is 0 Å². The molecule has 0 unspecified atom stereocenters. The quantitative estimate of drug-likeness (QED) is 0.512. The zero-order valence-electron chi connectivity index (χ0n) is 9.14. The van der Waals surface area contributed by atoms with Gasteiger partial charge in [0.25, 0.3) is 0 Å². The first-order valence-corrected chi connectivity index (χ1v) is 5.38. The summed E-state index contributed by atoms with van der Waals surface area (Å²) >= 11 is 0. The Morgan fingerprint density at radius 2 is 2.35 bits per heavy atom. The van der Waals surface area contributed by atoms with Gasteiger partial charge in [0, 0.05) is 31.4 Å². The minimum Gasteiger partial charge on any atom is -0.480 e. The number of hydrogen-bond donors (Lipinski definition) is 4. The SMILES string of the molecule is O=C(N[C@@H](Cc1cnc[nH]1)C(=O)O)C1CNC1. The Hall–Kier alpha value is -1.89. The fourth-order valence-electron chi connectivity index (χ4n) is 1.58. The number of aromatic amines is 1. The number of nitrogens with zero attached hydrogens (tertiary/aromatic N) is 1. The summed E-state index contributed by atoms with van der Waals surface area (Å²) in [5, 5.41) is 14.5. The Bertz CT molecular complexity index is 400. The molecule has 4 N–H and O–H groups in total. The molecule has 2 heterocycles. The monoisotopic (exact) mass is 238 g/mol. The maximum atomic E-state index is 11.6. The molecule has 1 aliphatic heterocycles. The van der Waals surface area contributed by atoms with Gasteiger partial charge in [-0.1, -0.05) is 0 Å². The summed E-state index contributed by atoms with van der Waals surface area (Å²) in [4.78, 5) is 29.3. The van der Waals surface area contributed by atoms with Crippen LogP contribution >= 0.6 is 0 Å². The first-order chi connectivity index (χ1) is 8.16. The second kappa shape index (κ2) is 4.96. The molecule has 0 aromatic carbocycles. The van der Waals surface area contributed by atoms with Gasteiger partial charge in [-0.3, -0.25) is 4.79 Å². The van der Waals surface area contributed by atoms with Crippen LogP contribution < -0.4 is 10.6 Å². The second-order valence-corrected chi connectivity index (χ2v) is 4.04. The molecule has 7 nitrogen and oxygen atoms in total. The molecular formula is C10H14N4O3. The lowest BCUT2D eigenvalue weighted by atomic mass is 10.0. The highest BCUT2D eigenvalue weighted by molar-refractivity contribution is 5.85. The summed E-state index contributed by atoms with van der Waals surface area (Å²) in [7, 11) is 0. The first kappa shape index (κ1) is 11.6. The van der Waals surface area contributed by atoms with Gasteiger partial charge in [-0.05, 0) is 0 Å². The van der Waals surface area contributed by atoms with Crippen molar-refractivity contribution in [3.63, 3.8) is 0 Å². The van der Waals surface area contributed by atoms with Crippen molar-refractivity contribution in [1.82, 2.24) is 20.6 Å². The van der Waals surface area contributed by atoms with E-state index in [9.17, 15) is 9.59 Å². The zero-order valence-corrected chi connectivity index (χ0v) is 9.14. The predicted octanol–water partition coefficient (Wildman–Crippen LogP) is -1.26. The van der Waals surface area contributed by atoms with Gasteiger partial charge in [-0.15, -0.1) is 0 Å². The van der Waals surface area contributed by atoms with Crippen LogP contribution in [0.4, 0.5) is 0 Å². The van der Waals surface area contributed by atoms with Crippen LogP contribution in [0.5, 0.6) is 0 Å². The average Bonchev–Trinajstić information content (AvgIpc) is 2.66. The molecule has 7 heteroatoms. The highest BCUT2D eigenvalue weighted by Crippen LogP contribution is 2.05. The van der Waals surface area contributed by atoms with Crippen molar-refractivity contribution in [3.05, 3.63) is 18.2 Å². The van der Waals surface area contributed by atoms with Crippen molar-refractivity contribution in [3.8, 4) is 0 Å². The van der Waals surface area contributed by atoms with E-state index in [-0.39, 0.29) is 18.2 Å². The van der Waals surface area contributed by atoms with Gasteiger partial charge >= 0.3 is 5.97 Å². The van der Waals surface area contributed by atoms with Crippen molar-refractivity contribution in [1.29, 1.82) is 0 Å². The van der Waals surface area contributed by atoms with E-state index in [4.69, 9.17) is 5.11 Å². The standard InChI is InChI=1S/C10H14N4O3/c15-9(6-2-11-3-6)14-8(10(16)17)1-7-4-12-5-13-7/h4-6,8,11H,1-3H2,(H,12,13)(H,14,15)(H,16,17)/t8-/m0/s1. The van der Waals surface area contributed by atoms with Gasteiger partial charge in [-0.2, -0.15) is 0 Å². The molecular weight excluding hydrogens is 224 g/mol. The lowest BCUT2D eigenvalue weighted by Crippen LogP contribution is -2.54. The smallest absolute Gasteiger partial charge is 0.326 e. The zero-order chi connectivity index (χ0) is 12.3. The molecule has 17 heavy (non-hydrogen) atoms. The number of carbonyl (C=O) groups is 2. The van der Waals surface area contributed by atoms with Gasteiger partial charge in [0.05, 0.1) is 12.2 Å². The molecule has 0 bridgehead atoms. The molecule has 1 saturated heterocycles. The summed E-state index contributed by atoms with van der Waals surface area (Å²) in [5.74, 6) is -1.37. The number of imidazole rings is 1. The van der Waals surface area contributed by atoms with E-state index in [0.717, 1.165) is 0 Å². The number of carboxylic acids is 1. The maximum absolute atomic E-state index is 11.6. The fraction of sp³-hybridized carbons (Fsp3) is 0.500. The van der Waals surface area contributed by atoms with E-state index in [1.54, 1.807) is 6.20 Å². The van der Waals surface area contributed by atoms with Crippen molar-refractivity contribution < 1.29 is 14.7 Å². The lowest BCUT2D eigenvalue weighted by molar-refractivity contribution is -0.142. The van der Waals surface area contributed by atoms with E-state index in [1.165, 1.54) is 6.33 Å². The molecule has 92 valence electrons. The maximum Gasteiger partial charge on any atom is 0.326 e. The van der Waals surface area contributed by atoms with Gasteiger partial charge in [0.2, 0.25) is 5.91 Å². The fourth-order valence-corrected chi connectivity index (χ4v) is 1.58. The van der Waals surface area contributed by atoms with Crippen LogP contribution in [0.15, 0.2) is 12.5 Å². The molecule has 1 amide bonds. The Balaban J connectivity index is 1.92. The summed E-state index contributed by atoms with van der Waals surface area (Å²) in [5.41, 5.74) is 0.685. The molecule has 1 aromatic rings. The highest BCUT2D eigenvalue weighted by atomic mass is 16.4. The Labute approximate surface area is 97.6 Å². The number of carboxylic acid groups (broad SMARTS) is 1. The van der Waals surface area contributed by atoms with Crippen molar-refractivity contribution >= 4 is 11.9 Å². The average molecular weight is 238 g/mol. The first-order valence-electron chi connectivity index (χ1n) is 5.38. The number of aliphatic carboxylic acids is 1. The molecule has 2 rings (SSSR count). The Morgan fingerprint density at radius 3 is 2.82 bits per heavy atom. The molecule has 1 fully saturated rings. The molecule has 0 spiro atoms. The molecule has 0 aliphatic carbocycles. The third-order valence-corrected chi connectivity index (χ3v) is 2.75. The molecule has 1 atom stereocenters. The van der Waals surface area contributed by atoms with E-state index in [1.807, 2.05) is 0 Å². The number of nitrogens with one attached hydrogen (secondary N) is 3. The number of rotatable bonds is 5. The van der Waals surface area contributed by atoms with E-state index in [2.05, 4.69) is 20.6 Å². The number of amides is 1. The highest BCUT2D eigenvalue weighted by Gasteiger charge is 2.29. The molecule has 0 radical (unpaired) electrons. The number of H-pyrrole nitrogens is 1. The summed E-state index contributed by atoms with van der Waals surface area (Å²) < 4.78 is 0. The van der Waals surface area contributed by atoms with Crippen molar-refractivity contribution in [2.24, 2.45) is 5.92 Å². The summed E-state index contributed by atoms with van der Waals surface area (Å²) in [6, 6.07) is -0.913. The number of aromatic nitrogens is 2. The Kier molecular flexibility index (Phi) is 3.38. The third kappa shape index (κ3) is 2.82. The third-order valence-electron chi connectivity index (χ3n) is 2.75. The minimum absolute atomic E-state index is 0.112. The van der Waals surface area contributed by atoms with Crippen LogP contribution in [0, 0.1) is 5.92 Å². The Morgan fingerprint density at radius 1 is 1.59 bits per heavy atom. The van der Waals surface area contributed by atoms with Crippen LogP contribution in [0.2, 0.25) is 0 Å². The number of hydrogen-bond acceptors (Lipinski definition) is 4. The van der Waals surface area contributed by atoms with Crippen LogP contribution in [0.3, 0.4) is 0 Å². The number of carbonyl (C=O) groups excluding carboxylic acids is 1. The van der Waals surface area contributed by atoms with Gasteiger partial charge in [0.1, 0.15) is 6.04 Å².